The second-order valence-corrected chi connectivity index (χ2v) is 7.19. The molecule has 1 atom stereocenters. The number of rotatable bonds is 5. The largest absolute Gasteiger partial charge is 0.455 e. The zero-order valence-electron chi connectivity index (χ0n) is 14.4. The van der Waals surface area contributed by atoms with Gasteiger partial charge in [0.25, 0.3) is 0 Å². The molecule has 1 N–H and O–H groups in total. The molecule has 1 aliphatic rings. The molecule has 0 saturated carbocycles. The summed E-state index contributed by atoms with van der Waals surface area (Å²) in [5, 5.41) is 11.2. The molecule has 1 aliphatic heterocycles. The molecule has 5 nitrogen and oxygen atoms in total. The Morgan fingerprint density at radius 1 is 1.00 bits per heavy atom. The highest BCUT2D eigenvalue weighted by Gasteiger charge is 2.30. The summed E-state index contributed by atoms with van der Waals surface area (Å²) >= 11 is 1.40. The van der Waals surface area contributed by atoms with Crippen molar-refractivity contribution in [3.05, 3.63) is 84.1 Å². The fourth-order valence-corrected chi connectivity index (χ4v) is 3.70. The van der Waals surface area contributed by atoms with Crippen LogP contribution in [0.15, 0.2) is 87.4 Å². The van der Waals surface area contributed by atoms with Crippen molar-refractivity contribution in [3.8, 4) is 11.3 Å². The lowest BCUT2D eigenvalue weighted by Gasteiger charge is -2.04. The summed E-state index contributed by atoms with van der Waals surface area (Å²) in [6, 6.07) is 23.5. The van der Waals surface area contributed by atoms with E-state index in [1.54, 1.807) is 0 Å². The topological polar surface area (TPSA) is 67.0 Å². The Bertz CT molecular complexity index is 981. The van der Waals surface area contributed by atoms with Gasteiger partial charge in [-0.25, -0.2) is 0 Å². The number of thioether (sulfide) groups is 1. The first-order valence-corrected chi connectivity index (χ1v) is 9.43. The molecule has 4 rings (SSSR count). The molecule has 27 heavy (non-hydrogen) atoms. The van der Waals surface area contributed by atoms with Crippen LogP contribution in [0.2, 0.25) is 0 Å². The van der Waals surface area contributed by atoms with E-state index in [0.717, 1.165) is 16.9 Å². The average Bonchev–Trinajstić information content (AvgIpc) is 3.31. The van der Waals surface area contributed by atoms with Gasteiger partial charge in [0.05, 0.1) is 11.5 Å². The number of hydrogen-bond donors (Lipinski definition) is 1. The number of nitrogens with zero attached hydrogens (tertiary/aromatic N) is 2. The van der Waals surface area contributed by atoms with Gasteiger partial charge >= 0.3 is 0 Å². The van der Waals surface area contributed by atoms with E-state index in [4.69, 9.17) is 4.42 Å². The molecule has 1 saturated heterocycles. The first kappa shape index (κ1) is 17.3. The van der Waals surface area contributed by atoms with Gasteiger partial charge in [-0.15, -0.1) is 5.10 Å². The monoisotopic (exact) mass is 375 g/mol. The fraction of sp³-hybridized carbons (Fsp3) is 0.0952. The first-order valence-electron chi connectivity index (χ1n) is 8.56. The van der Waals surface area contributed by atoms with Gasteiger partial charge < -0.3 is 9.73 Å². The lowest BCUT2D eigenvalue weighted by atomic mass is 10.1. The zero-order valence-corrected chi connectivity index (χ0v) is 15.2. The third kappa shape index (κ3) is 4.35. The summed E-state index contributed by atoms with van der Waals surface area (Å²) in [5.41, 5.74) is 2.13. The Morgan fingerprint density at radius 2 is 1.74 bits per heavy atom. The van der Waals surface area contributed by atoms with Crippen molar-refractivity contribution < 1.29 is 9.21 Å². The van der Waals surface area contributed by atoms with Crippen LogP contribution in [-0.2, 0) is 11.2 Å². The van der Waals surface area contributed by atoms with Crippen LogP contribution in [-0.4, -0.2) is 22.5 Å². The van der Waals surface area contributed by atoms with Gasteiger partial charge in [-0.1, -0.05) is 72.4 Å². The number of furan rings is 1. The van der Waals surface area contributed by atoms with Crippen LogP contribution >= 0.6 is 11.8 Å². The smallest absolute Gasteiger partial charge is 0.239 e. The van der Waals surface area contributed by atoms with Crippen molar-refractivity contribution in [1.82, 2.24) is 5.32 Å². The van der Waals surface area contributed by atoms with Gasteiger partial charge in [-0.2, -0.15) is 5.10 Å². The Hall–Kier alpha value is -3.12. The summed E-state index contributed by atoms with van der Waals surface area (Å²) in [6.45, 7) is 0. The van der Waals surface area contributed by atoms with Crippen LogP contribution in [0.5, 0.6) is 0 Å². The van der Waals surface area contributed by atoms with Crippen molar-refractivity contribution >= 4 is 29.1 Å². The normalized spacial score (nSPS) is 18.3. The van der Waals surface area contributed by atoms with Gasteiger partial charge in [-0.05, 0) is 24.1 Å². The summed E-state index contributed by atoms with van der Waals surface area (Å²) in [4.78, 5) is 12.1. The maximum atomic E-state index is 12.1. The Morgan fingerprint density at radius 3 is 2.52 bits per heavy atom. The quantitative estimate of drug-likeness (QED) is 0.539. The molecule has 2 aromatic carbocycles. The van der Waals surface area contributed by atoms with E-state index >= 15 is 0 Å². The van der Waals surface area contributed by atoms with E-state index in [1.807, 2.05) is 72.8 Å². The van der Waals surface area contributed by atoms with E-state index in [-0.39, 0.29) is 11.2 Å². The summed E-state index contributed by atoms with van der Waals surface area (Å²) in [5.74, 6) is 1.34. The number of carbonyl (C=O) groups excluding carboxylic acids is 1. The highest BCUT2D eigenvalue weighted by molar-refractivity contribution is 8.15. The van der Waals surface area contributed by atoms with Crippen LogP contribution in [0.25, 0.3) is 11.3 Å². The molecule has 0 spiro atoms. The molecule has 0 aliphatic carbocycles. The molecule has 6 heteroatoms. The molecule has 134 valence electrons. The Balaban J connectivity index is 1.38. The first-order chi connectivity index (χ1) is 13.3. The Kier molecular flexibility index (Phi) is 5.16. The summed E-state index contributed by atoms with van der Waals surface area (Å²) in [6.07, 6.45) is 2.20. The van der Waals surface area contributed by atoms with Crippen LogP contribution in [0, 0.1) is 0 Å². The number of amides is 1. The molecule has 1 amide bonds. The molecule has 3 aromatic rings. The standard InChI is InChI=1S/C21H17N3O2S/c25-20-19(13-15-7-3-1-4-8-15)27-21(23-20)24-22-14-17-11-12-18(26-17)16-9-5-2-6-10-16/h1-12,14,19H,13H2,(H,23,24,25)/t19-/m1/s1. The minimum atomic E-state index is -0.186. The maximum absolute atomic E-state index is 12.1. The molecule has 0 bridgehead atoms. The third-order valence-corrected chi connectivity index (χ3v) is 5.13. The number of benzene rings is 2. The highest BCUT2D eigenvalue weighted by atomic mass is 32.2. The van der Waals surface area contributed by atoms with Crippen molar-refractivity contribution in [3.63, 3.8) is 0 Å². The summed E-state index contributed by atoms with van der Waals surface area (Å²) < 4.78 is 5.74. The van der Waals surface area contributed by atoms with E-state index in [9.17, 15) is 4.79 Å². The van der Waals surface area contributed by atoms with Gasteiger partial charge in [0.1, 0.15) is 11.5 Å². The van der Waals surface area contributed by atoms with Crippen molar-refractivity contribution in [1.29, 1.82) is 0 Å². The number of carbonyl (C=O) groups is 1. The van der Waals surface area contributed by atoms with E-state index < -0.39 is 0 Å². The average molecular weight is 375 g/mol. The molecular weight excluding hydrogens is 358 g/mol. The van der Waals surface area contributed by atoms with E-state index in [1.165, 1.54) is 18.0 Å². The minimum absolute atomic E-state index is 0.0397. The highest BCUT2D eigenvalue weighted by Crippen LogP contribution is 2.24. The number of amidine groups is 1. The van der Waals surface area contributed by atoms with Crippen LogP contribution in [0.1, 0.15) is 11.3 Å². The van der Waals surface area contributed by atoms with Crippen LogP contribution in [0.4, 0.5) is 0 Å². The van der Waals surface area contributed by atoms with Crippen LogP contribution < -0.4 is 5.32 Å². The SMILES string of the molecule is O=C1N/C(=N\N=Cc2ccc(-c3ccccc3)o2)S[C@@H]1Cc1ccccc1. The molecule has 2 heterocycles. The molecule has 1 fully saturated rings. The third-order valence-electron chi connectivity index (χ3n) is 4.06. The lowest BCUT2D eigenvalue weighted by molar-refractivity contribution is -0.118. The molecule has 1 aromatic heterocycles. The molecule has 0 radical (unpaired) electrons. The predicted molar refractivity (Wildman–Crippen MR) is 109 cm³/mol. The maximum Gasteiger partial charge on any atom is 0.239 e. The van der Waals surface area contributed by atoms with Crippen molar-refractivity contribution in [2.45, 2.75) is 11.7 Å². The predicted octanol–water partition coefficient (Wildman–Crippen LogP) is 4.11. The summed E-state index contributed by atoms with van der Waals surface area (Å²) in [7, 11) is 0. The van der Waals surface area contributed by atoms with Crippen LogP contribution in [0.3, 0.4) is 0 Å². The van der Waals surface area contributed by atoms with E-state index in [0.29, 0.717) is 17.3 Å². The fourth-order valence-electron chi connectivity index (χ4n) is 2.73. The number of nitrogens with one attached hydrogen (secondary N) is 1. The zero-order chi connectivity index (χ0) is 18.5. The lowest BCUT2D eigenvalue weighted by Crippen LogP contribution is -2.25. The van der Waals surface area contributed by atoms with Gasteiger partial charge in [0.2, 0.25) is 5.91 Å². The van der Waals surface area contributed by atoms with E-state index in [2.05, 4.69) is 15.5 Å². The molecular formula is C21H17N3O2S. The Labute approximate surface area is 161 Å². The van der Waals surface area contributed by atoms with Gasteiger partial charge in [0.15, 0.2) is 5.17 Å². The van der Waals surface area contributed by atoms with Gasteiger partial charge in [-0.3, -0.25) is 4.79 Å². The second kappa shape index (κ2) is 8.05. The van der Waals surface area contributed by atoms with Gasteiger partial charge in [0, 0.05) is 5.56 Å². The number of hydrogen-bond acceptors (Lipinski definition) is 5. The van der Waals surface area contributed by atoms with Crippen molar-refractivity contribution in [2.24, 2.45) is 10.2 Å². The minimum Gasteiger partial charge on any atom is -0.455 e. The molecule has 0 unspecified atom stereocenters. The second-order valence-electron chi connectivity index (χ2n) is 6.00. The van der Waals surface area contributed by atoms with Crippen molar-refractivity contribution in [2.75, 3.05) is 0 Å².